The summed E-state index contributed by atoms with van der Waals surface area (Å²) in [4.78, 5) is 26.4. The van der Waals surface area contributed by atoms with Gasteiger partial charge in [0.1, 0.15) is 18.2 Å². The van der Waals surface area contributed by atoms with Crippen LogP contribution >= 0.6 is 23.4 Å². The summed E-state index contributed by atoms with van der Waals surface area (Å²) in [5.41, 5.74) is 1.51. The van der Waals surface area contributed by atoms with Gasteiger partial charge in [0.15, 0.2) is 11.5 Å². The average Bonchev–Trinajstić information content (AvgIpc) is 3.07. The number of carbonyl (C=O) groups excluding carboxylic acids is 2. The maximum Gasteiger partial charge on any atom is 0.293 e. The SMILES string of the molecule is COc1cc(/C=C2\SC(=O)N(Cc3ccccc3F)C2=O)cc(Cl)c1OCc1ccc(F)cc1. The van der Waals surface area contributed by atoms with Crippen LogP contribution in [0.5, 0.6) is 11.5 Å². The molecule has 3 aromatic carbocycles. The Bertz CT molecular complexity index is 1280. The Hall–Kier alpha value is -3.36. The molecule has 0 spiro atoms. The lowest BCUT2D eigenvalue weighted by molar-refractivity contribution is -0.123. The highest BCUT2D eigenvalue weighted by Gasteiger charge is 2.35. The molecule has 34 heavy (non-hydrogen) atoms. The van der Waals surface area contributed by atoms with Crippen molar-refractivity contribution < 1.29 is 27.8 Å². The van der Waals surface area contributed by atoms with Gasteiger partial charge in [0.2, 0.25) is 0 Å². The average molecular weight is 502 g/mol. The first kappa shape index (κ1) is 23.8. The van der Waals surface area contributed by atoms with Crippen molar-refractivity contribution in [2.75, 3.05) is 7.11 Å². The maximum absolute atomic E-state index is 14.0. The van der Waals surface area contributed by atoms with Crippen LogP contribution in [-0.2, 0) is 17.9 Å². The number of imide groups is 1. The quantitative estimate of drug-likeness (QED) is 0.349. The molecule has 0 atom stereocenters. The Morgan fingerprint density at radius 3 is 2.50 bits per heavy atom. The lowest BCUT2D eigenvalue weighted by Gasteiger charge is -2.14. The second-order valence-electron chi connectivity index (χ2n) is 7.31. The van der Waals surface area contributed by atoms with Crippen LogP contribution in [0.4, 0.5) is 13.6 Å². The van der Waals surface area contributed by atoms with Crippen molar-refractivity contribution in [1.29, 1.82) is 0 Å². The van der Waals surface area contributed by atoms with E-state index in [4.69, 9.17) is 21.1 Å². The van der Waals surface area contributed by atoms with Gasteiger partial charge < -0.3 is 9.47 Å². The number of ether oxygens (including phenoxy) is 2. The smallest absolute Gasteiger partial charge is 0.293 e. The predicted octanol–water partition coefficient (Wildman–Crippen LogP) is 6.44. The van der Waals surface area contributed by atoms with Crippen molar-refractivity contribution in [2.45, 2.75) is 13.2 Å². The molecule has 1 aliphatic heterocycles. The highest BCUT2D eigenvalue weighted by atomic mass is 35.5. The van der Waals surface area contributed by atoms with Crippen molar-refractivity contribution in [3.8, 4) is 11.5 Å². The summed E-state index contributed by atoms with van der Waals surface area (Å²) in [6, 6.07) is 15.0. The molecule has 1 fully saturated rings. The van der Waals surface area contributed by atoms with E-state index < -0.39 is 17.0 Å². The third kappa shape index (κ3) is 5.24. The summed E-state index contributed by atoms with van der Waals surface area (Å²) in [5.74, 6) is -0.741. The fourth-order valence-electron chi connectivity index (χ4n) is 3.28. The molecule has 1 saturated heterocycles. The van der Waals surface area contributed by atoms with Gasteiger partial charge >= 0.3 is 0 Å². The van der Waals surface area contributed by atoms with E-state index in [9.17, 15) is 18.4 Å². The van der Waals surface area contributed by atoms with E-state index in [0.717, 1.165) is 22.2 Å². The normalized spacial score (nSPS) is 14.7. The van der Waals surface area contributed by atoms with Gasteiger partial charge in [0.25, 0.3) is 11.1 Å². The monoisotopic (exact) mass is 501 g/mol. The Labute approximate surface area is 203 Å². The number of hydrogen-bond donors (Lipinski definition) is 0. The topological polar surface area (TPSA) is 55.8 Å². The molecule has 0 unspecified atom stereocenters. The van der Waals surface area contributed by atoms with E-state index in [1.54, 1.807) is 30.3 Å². The second-order valence-corrected chi connectivity index (χ2v) is 8.71. The molecule has 2 amide bonds. The maximum atomic E-state index is 14.0. The number of benzene rings is 3. The summed E-state index contributed by atoms with van der Waals surface area (Å²) in [7, 11) is 1.45. The van der Waals surface area contributed by atoms with E-state index in [0.29, 0.717) is 17.1 Å². The van der Waals surface area contributed by atoms with Gasteiger partial charge in [0, 0.05) is 5.56 Å². The third-order valence-electron chi connectivity index (χ3n) is 5.01. The van der Waals surface area contributed by atoms with Gasteiger partial charge in [-0.1, -0.05) is 41.9 Å². The van der Waals surface area contributed by atoms with Gasteiger partial charge in [-0.3, -0.25) is 14.5 Å². The van der Waals surface area contributed by atoms with E-state index in [1.165, 1.54) is 43.5 Å². The van der Waals surface area contributed by atoms with Crippen LogP contribution in [0.15, 0.2) is 65.6 Å². The van der Waals surface area contributed by atoms with E-state index in [2.05, 4.69) is 0 Å². The van der Waals surface area contributed by atoms with Crippen molar-refractivity contribution in [3.63, 3.8) is 0 Å². The Kier molecular flexibility index (Phi) is 7.19. The minimum atomic E-state index is -0.523. The number of halogens is 3. The van der Waals surface area contributed by atoms with Crippen LogP contribution < -0.4 is 9.47 Å². The van der Waals surface area contributed by atoms with Gasteiger partial charge in [-0.25, -0.2) is 8.78 Å². The molecule has 0 radical (unpaired) electrons. The van der Waals surface area contributed by atoms with Crippen molar-refractivity contribution >= 4 is 40.6 Å². The van der Waals surface area contributed by atoms with Crippen LogP contribution in [0.3, 0.4) is 0 Å². The minimum Gasteiger partial charge on any atom is -0.493 e. The van der Waals surface area contributed by atoms with E-state index in [-0.39, 0.29) is 34.5 Å². The number of methoxy groups -OCH3 is 1. The Morgan fingerprint density at radius 1 is 1.06 bits per heavy atom. The lowest BCUT2D eigenvalue weighted by Crippen LogP contribution is -2.27. The molecule has 1 aliphatic rings. The fraction of sp³-hybridized carbons (Fsp3) is 0.120. The summed E-state index contributed by atoms with van der Waals surface area (Å²) >= 11 is 7.17. The molecule has 4 rings (SSSR count). The van der Waals surface area contributed by atoms with Gasteiger partial charge in [0.05, 0.1) is 23.6 Å². The molecule has 0 saturated carbocycles. The summed E-state index contributed by atoms with van der Waals surface area (Å²) in [6.07, 6.45) is 1.52. The van der Waals surface area contributed by atoms with Crippen molar-refractivity contribution in [1.82, 2.24) is 4.90 Å². The Balaban J connectivity index is 1.53. The van der Waals surface area contributed by atoms with Crippen LogP contribution in [0, 0.1) is 11.6 Å². The highest BCUT2D eigenvalue weighted by Crippen LogP contribution is 2.39. The van der Waals surface area contributed by atoms with Crippen LogP contribution in [0.2, 0.25) is 5.02 Å². The molecule has 0 bridgehead atoms. The molecule has 0 N–H and O–H groups in total. The largest absolute Gasteiger partial charge is 0.493 e. The number of thioether (sulfide) groups is 1. The molecular weight excluding hydrogens is 484 g/mol. The van der Waals surface area contributed by atoms with Crippen molar-refractivity contribution in [3.05, 3.63) is 98.9 Å². The minimum absolute atomic E-state index is 0.143. The molecule has 0 aromatic heterocycles. The fourth-order valence-corrected chi connectivity index (χ4v) is 4.40. The summed E-state index contributed by atoms with van der Waals surface area (Å²) < 4.78 is 38.2. The highest BCUT2D eigenvalue weighted by molar-refractivity contribution is 8.18. The van der Waals surface area contributed by atoms with Crippen LogP contribution in [0.1, 0.15) is 16.7 Å². The zero-order chi connectivity index (χ0) is 24.2. The number of carbonyl (C=O) groups is 2. The molecule has 3 aromatic rings. The summed E-state index contributed by atoms with van der Waals surface area (Å²) in [6.45, 7) is -0.0143. The predicted molar refractivity (Wildman–Crippen MR) is 127 cm³/mol. The molecule has 0 aliphatic carbocycles. The number of amides is 2. The van der Waals surface area contributed by atoms with E-state index >= 15 is 0 Å². The second kappa shape index (κ2) is 10.3. The Morgan fingerprint density at radius 2 is 1.79 bits per heavy atom. The third-order valence-corrected chi connectivity index (χ3v) is 6.19. The molecule has 9 heteroatoms. The number of hydrogen-bond acceptors (Lipinski definition) is 5. The first-order valence-electron chi connectivity index (χ1n) is 10.1. The number of nitrogens with zero attached hydrogens (tertiary/aromatic N) is 1. The lowest BCUT2D eigenvalue weighted by atomic mass is 10.1. The molecule has 174 valence electrons. The molecular formula is C25H18ClF2NO4S. The zero-order valence-corrected chi connectivity index (χ0v) is 19.5. The van der Waals surface area contributed by atoms with Crippen molar-refractivity contribution in [2.24, 2.45) is 0 Å². The summed E-state index contributed by atoms with van der Waals surface area (Å²) in [5, 5.41) is -0.255. The standard InChI is InChI=1S/C25H18ClF2NO4S/c1-32-21-11-16(10-19(26)23(21)33-14-15-6-8-18(27)9-7-15)12-22-24(30)29(25(31)34-22)13-17-4-2-3-5-20(17)28/h2-12H,13-14H2,1H3/b22-12-. The number of rotatable bonds is 7. The first-order chi connectivity index (χ1) is 16.4. The molecule has 5 nitrogen and oxygen atoms in total. The van der Waals surface area contributed by atoms with Gasteiger partial charge in [-0.2, -0.15) is 0 Å². The van der Waals surface area contributed by atoms with Gasteiger partial charge in [-0.05, 0) is 59.3 Å². The zero-order valence-electron chi connectivity index (χ0n) is 17.9. The molecule has 1 heterocycles. The first-order valence-corrected chi connectivity index (χ1v) is 11.3. The van der Waals surface area contributed by atoms with Gasteiger partial charge in [-0.15, -0.1) is 0 Å². The van der Waals surface area contributed by atoms with Crippen LogP contribution in [0.25, 0.3) is 6.08 Å². The van der Waals surface area contributed by atoms with E-state index in [1.807, 2.05) is 0 Å². The van der Waals surface area contributed by atoms with Crippen LogP contribution in [-0.4, -0.2) is 23.2 Å².